The number of unbranched alkanes of at least 4 members (excludes halogenated alkanes) is 1. The van der Waals surface area contributed by atoms with E-state index in [1.54, 1.807) is 30.3 Å². The highest BCUT2D eigenvalue weighted by atomic mass is 16.5. The van der Waals surface area contributed by atoms with E-state index < -0.39 is 12.1 Å². The summed E-state index contributed by atoms with van der Waals surface area (Å²) in [5.74, 6) is 1.64. The predicted octanol–water partition coefficient (Wildman–Crippen LogP) is 2.74. The lowest BCUT2D eigenvalue weighted by Gasteiger charge is -2.11. The molecule has 21 heavy (non-hydrogen) atoms. The molecule has 0 bridgehead atoms. The molecule has 0 spiro atoms. The van der Waals surface area contributed by atoms with E-state index in [0.717, 1.165) is 0 Å². The van der Waals surface area contributed by atoms with Crippen LogP contribution in [-0.2, 0) is 14.3 Å². The Hall–Kier alpha value is -2.54. The number of terminal acetylenes is 1. The van der Waals surface area contributed by atoms with Crippen molar-refractivity contribution < 1.29 is 19.1 Å². The molecule has 110 valence electrons. The highest BCUT2D eigenvalue weighted by molar-refractivity contribution is 5.89. The number of methoxy groups -OCH3 is 1. The van der Waals surface area contributed by atoms with Gasteiger partial charge in [-0.25, -0.2) is 9.59 Å². The summed E-state index contributed by atoms with van der Waals surface area (Å²) in [6, 6.07) is 8.70. The van der Waals surface area contributed by atoms with Crippen molar-refractivity contribution in [3.63, 3.8) is 0 Å². The molecule has 0 fully saturated rings. The van der Waals surface area contributed by atoms with Crippen LogP contribution in [0.15, 0.2) is 42.5 Å². The molecule has 0 heterocycles. The lowest BCUT2D eigenvalue weighted by atomic mass is 10.1. The van der Waals surface area contributed by atoms with Gasteiger partial charge in [-0.05, 0) is 31.4 Å². The van der Waals surface area contributed by atoms with Gasteiger partial charge in [-0.3, -0.25) is 0 Å². The minimum atomic E-state index is -0.566. The number of carbonyl (C=O) groups is 2. The number of carbonyl (C=O) groups excluding carboxylic acids is 2. The highest BCUT2D eigenvalue weighted by Crippen LogP contribution is 2.09. The molecule has 0 radical (unpaired) electrons. The van der Waals surface area contributed by atoms with E-state index in [1.807, 2.05) is 6.07 Å². The summed E-state index contributed by atoms with van der Waals surface area (Å²) >= 11 is 0. The van der Waals surface area contributed by atoms with Gasteiger partial charge < -0.3 is 9.47 Å². The molecule has 1 unspecified atom stereocenters. The molecule has 0 aromatic heterocycles. The number of benzene rings is 1. The van der Waals surface area contributed by atoms with Crippen molar-refractivity contribution >= 4 is 11.9 Å². The molecule has 1 aromatic rings. The molecule has 0 aliphatic heterocycles. The van der Waals surface area contributed by atoms with Crippen LogP contribution in [0.5, 0.6) is 0 Å². The highest BCUT2D eigenvalue weighted by Gasteiger charge is 2.12. The molecule has 1 rings (SSSR count). The van der Waals surface area contributed by atoms with Crippen LogP contribution in [0, 0.1) is 12.3 Å². The van der Waals surface area contributed by atoms with Crippen LogP contribution in [0.1, 0.15) is 29.6 Å². The van der Waals surface area contributed by atoms with Crippen molar-refractivity contribution in [2.45, 2.75) is 25.4 Å². The van der Waals surface area contributed by atoms with Crippen molar-refractivity contribution in [3.05, 3.63) is 48.0 Å². The third-order valence-electron chi connectivity index (χ3n) is 2.74. The second-order valence-corrected chi connectivity index (χ2v) is 4.28. The number of rotatable bonds is 7. The molecule has 0 aliphatic rings. The zero-order chi connectivity index (χ0) is 15.5. The SMILES string of the molecule is C#CC(CCC/C=C/C(=O)OC)OC(=O)c1ccccc1. The minimum absolute atomic E-state index is 0.390. The second kappa shape index (κ2) is 9.38. The summed E-state index contributed by atoms with van der Waals surface area (Å²) in [6.45, 7) is 0. The molecule has 1 atom stereocenters. The average molecular weight is 286 g/mol. The van der Waals surface area contributed by atoms with E-state index in [9.17, 15) is 9.59 Å². The zero-order valence-corrected chi connectivity index (χ0v) is 12.0. The largest absolute Gasteiger partial charge is 0.466 e. The molecule has 0 N–H and O–H groups in total. The van der Waals surface area contributed by atoms with Gasteiger partial charge in [0, 0.05) is 6.08 Å². The van der Waals surface area contributed by atoms with Gasteiger partial charge in [0.05, 0.1) is 12.7 Å². The molecule has 0 saturated heterocycles. The molecule has 0 aliphatic carbocycles. The third-order valence-corrected chi connectivity index (χ3v) is 2.74. The fourth-order valence-electron chi connectivity index (χ4n) is 1.62. The molecular weight excluding hydrogens is 268 g/mol. The molecule has 0 saturated carbocycles. The first-order valence-corrected chi connectivity index (χ1v) is 6.64. The number of hydrogen-bond donors (Lipinski definition) is 0. The van der Waals surface area contributed by atoms with Gasteiger partial charge in [-0.15, -0.1) is 6.42 Å². The van der Waals surface area contributed by atoms with E-state index in [4.69, 9.17) is 11.2 Å². The van der Waals surface area contributed by atoms with E-state index in [-0.39, 0.29) is 5.97 Å². The van der Waals surface area contributed by atoms with Crippen LogP contribution >= 0.6 is 0 Å². The maximum absolute atomic E-state index is 11.8. The molecule has 0 amide bonds. The topological polar surface area (TPSA) is 52.6 Å². The van der Waals surface area contributed by atoms with E-state index in [1.165, 1.54) is 13.2 Å². The molecule has 4 heteroatoms. The van der Waals surface area contributed by atoms with Crippen molar-refractivity contribution in [2.75, 3.05) is 7.11 Å². The Balaban J connectivity index is 2.36. The maximum atomic E-state index is 11.8. The van der Waals surface area contributed by atoms with Gasteiger partial charge in [0.1, 0.15) is 0 Å². The van der Waals surface area contributed by atoms with Crippen molar-refractivity contribution in [3.8, 4) is 12.3 Å². The first-order valence-electron chi connectivity index (χ1n) is 6.64. The molecule has 1 aromatic carbocycles. The summed E-state index contributed by atoms with van der Waals surface area (Å²) in [4.78, 5) is 22.7. The van der Waals surface area contributed by atoms with Crippen LogP contribution in [0.4, 0.5) is 0 Å². The van der Waals surface area contributed by atoms with Crippen molar-refractivity contribution in [1.29, 1.82) is 0 Å². The second-order valence-electron chi connectivity index (χ2n) is 4.28. The van der Waals surface area contributed by atoms with Crippen molar-refractivity contribution in [1.82, 2.24) is 0 Å². The maximum Gasteiger partial charge on any atom is 0.339 e. The minimum Gasteiger partial charge on any atom is -0.466 e. The Morgan fingerprint density at radius 2 is 2.05 bits per heavy atom. The molecular formula is C17H18O4. The summed E-state index contributed by atoms with van der Waals surface area (Å²) < 4.78 is 9.72. The zero-order valence-electron chi connectivity index (χ0n) is 12.0. The Labute approximate surface area is 124 Å². The van der Waals surface area contributed by atoms with Gasteiger partial charge >= 0.3 is 11.9 Å². The predicted molar refractivity (Wildman–Crippen MR) is 79.5 cm³/mol. The standard InChI is InChI=1S/C17H18O4/c1-3-15(12-8-5-9-13-16(18)20-2)21-17(19)14-10-6-4-7-11-14/h1,4,6-7,9-11,13,15H,5,8,12H2,2H3/b13-9+. The van der Waals surface area contributed by atoms with Gasteiger partial charge in [-0.1, -0.05) is 30.2 Å². The van der Waals surface area contributed by atoms with E-state index in [0.29, 0.717) is 24.8 Å². The third kappa shape index (κ3) is 6.44. The number of allylic oxidation sites excluding steroid dienone is 1. The van der Waals surface area contributed by atoms with E-state index >= 15 is 0 Å². The summed E-state index contributed by atoms with van der Waals surface area (Å²) in [5.41, 5.74) is 0.475. The van der Waals surface area contributed by atoms with Crippen LogP contribution in [0.2, 0.25) is 0 Å². The summed E-state index contributed by atoms with van der Waals surface area (Å²) in [5, 5.41) is 0. The molecule has 4 nitrogen and oxygen atoms in total. The smallest absolute Gasteiger partial charge is 0.339 e. The number of ether oxygens (including phenoxy) is 2. The van der Waals surface area contributed by atoms with Crippen molar-refractivity contribution in [2.24, 2.45) is 0 Å². The van der Waals surface area contributed by atoms with Crippen LogP contribution in [0.25, 0.3) is 0 Å². The van der Waals surface area contributed by atoms with Crippen LogP contribution < -0.4 is 0 Å². The average Bonchev–Trinajstić information content (AvgIpc) is 2.53. The van der Waals surface area contributed by atoms with E-state index in [2.05, 4.69) is 10.7 Å². The van der Waals surface area contributed by atoms with Gasteiger partial charge in [0.2, 0.25) is 0 Å². The van der Waals surface area contributed by atoms with Gasteiger partial charge in [0.15, 0.2) is 6.10 Å². The van der Waals surface area contributed by atoms with Gasteiger partial charge in [0.25, 0.3) is 0 Å². The number of esters is 2. The fraction of sp³-hybridized carbons (Fsp3) is 0.294. The Kier molecular flexibility index (Phi) is 7.37. The van der Waals surface area contributed by atoms with Crippen LogP contribution in [-0.4, -0.2) is 25.2 Å². The summed E-state index contributed by atoms with van der Waals surface area (Å²) in [7, 11) is 1.32. The first-order chi connectivity index (χ1) is 10.2. The summed E-state index contributed by atoms with van der Waals surface area (Å²) in [6.07, 6.45) is 9.79. The number of hydrogen-bond acceptors (Lipinski definition) is 4. The van der Waals surface area contributed by atoms with Gasteiger partial charge in [-0.2, -0.15) is 0 Å². The lowest BCUT2D eigenvalue weighted by Crippen LogP contribution is -2.16. The quantitative estimate of drug-likeness (QED) is 0.335. The Morgan fingerprint density at radius 3 is 2.67 bits per heavy atom. The first kappa shape index (κ1) is 16.5. The lowest BCUT2D eigenvalue weighted by molar-refractivity contribution is -0.134. The fourth-order valence-corrected chi connectivity index (χ4v) is 1.62. The Morgan fingerprint density at radius 1 is 1.33 bits per heavy atom. The monoisotopic (exact) mass is 286 g/mol. The normalized spacial score (nSPS) is 11.6. The van der Waals surface area contributed by atoms with Crippen LogP contribution in [0.3, 0.4) is 0 Å². The Bertz CT molecular complexity index is 525.